The summed E-state index contributed by atoms with van der Waals surface area (Å²) in [6, 6.07) is 9.16. The van der Waals surface area contributed by atoms with Gasteiger partial charge in [0.15, 0.2) is 0 Å². The maximum absolute atomic E-state index is 12.1. The van der Waals surface area contributed by atoms with Crippen LogP contribution in [0, 0.1) is 0 Å². The molecule has 21 heavy (non-hydrogen) atoms. The van der Waals surface area contributed by atoms with Gasteiger partial charge in [0.1, 0.15) is 5.82 Å². The lowest BCUT2D eigenvalue weighted by Gasteiger charge is -2.12. The van der Waals surface area contributed by atoms with Gasteiger partial charge in [-0.1, -0.05) is 13.0 Å². The largest absolute Gasteiger partial charge is 0.478 e. The van der Waals surface area contributed by atoms with Gasteiger partial charge >= 0.3 is 0 Å². The molecule has 0 saturated carbocycles. The minimum atomic E-state index is -0.0690. The predicted molar refractivity (Wildman–Crippen MR) is 81.3 cm³/mol. The average molecular weight is 285 g/mol. The molecule has 0 spiro atoms. The normalized spacial score (nSPS) is 11.7. The van der Waals surface area contributed by atoms with Gasteiger partial charge in [0.05, 0.1) is 6.61 Å². The lowest BCUT2D eigenvalue weighted by molar-refractivity contribution is -0.116. The Morgan fingerprint density at radius 2 is 2.05 bits per heavy atom. The molecule has 2 aromatic rings. The number of amides is 1. The summed E-state index contributed by atoms with van der Waals surface area (Å²) in [5.74, 6) is 1.08. The van der Waals surface area contributed by atoms with Gasteiger partial charge in [-0.3, -0.25) is 9.78 Å². The second kappa shape index (κ2) is 7.38. The lowest BCUT2D eigenvalue weighted by Crippen LogP contribution is -2.15. The fourth-order valence-electron chi connectivity index (χ4n) is 1.99. The predicted octanol–water partition coefficient (Wildman–Crippen LogP) is 3.01. The van der Waals surface area contributed by atoms with Crippen LogP contribution in [0.25, 0.3) is 0 Å². The zero-order valence-electron chi connectivity index (χ0n) is 12.2. The molecular weight excluding hydrogens is 266 g/mol. The van der Waals surface area contributed by atoms with Crippen molar-refractivity contribution in [3.63, 3.8) is 0 Å². The molecule has 0 aliphatic carbocycles. The minimum absolute atomic E-state index is 0.0690. The summed E-state index contributed by atoms with van der Waals surface area (Å²) in [6.45, 7) is 4.45. The number of carbonyl (C=O) groups is 1. The third-order valence-electron chi connectivity index (χ3n) is 3.05. The Bertz CT molecular complexity index is 587. The third kappa shape index (κ3) is 4.56. The Labute approximate surface area is 124 Å². The van der Waals surface area contributed by atoms with Crippen molar-refractivity contribution >= 4 is 11.7 Å². The first kappa shape index (κ1) is 15.0. The number of nitrogens with one attached hydrogen (secondary N) is 1. The highest BCUT2D eigenvalue weighted by molar-refractivity contribution is 5.90. The average Bonchev–Trinajstić information content (AvgIpc) is 2.48. The molecule has 1 amide bonds. The molecule has 5 nitrogen and oxygen atoms in total. The highest BCUT2D eigenvalue weighted by Crippen LogP contribution is 2.19. The molecule has 5 heteroatoms. The molecule has 0 aromatic carbocycles. The van der Waals surface area contributed by atoms with Crippen LogP contribution in [-0.4, -0.2) is 22.5 Å². The van der Waals surface area contributed by atoms with E-state index in [0.29, 0.717) is 24.7 Å². The van der Waals surface area contributed by atoms with E-state index in [0.717, 1.165) is 5.56 Å². The maximum Gasteiger partial charge on any atom is 0.226 e. The number of anilines is 1. The highest BCUT2D eigenvalue weighted by atomic mass is 16.5. The first-order chi connectivity index (χ1) is 10.2. The Balaban J connectivity index is 1.94. The van der Waals surface area contributed by atoms with E-state index < -0.39 is 0 Å². The van der Waals surface area contributed by atoms with Crippen LogP contribution < -0.4 is 10.1 Å². The van der Waals surface area contributed by atoms with E-state index in [1.165, 1.54) is 0 Å². The van der Waals surface area contributed by atoms with Crippen LogP contribution in [-0.2, 0) is 4.79 Å². The monoisotopic (exact) mass is 285 g/mol. The van der Waals surface area contributed by atoms with Gasteiger partial charge in [-0.2, -0.15) is 4.98 Å². The molecule has 2 rings (SSSR count). The van der Waals surface area contributed by atoms with Crippen LogP contribution in [0.1, 0.15) is 31.7 Å². The van der Waals surface area contributed by atoms with E-state index in [9.17, 15) is 4.79 Å². The van der Waals surface area contributed by atoms with Crippen LogP contribution in [0.15, 0.2) is 42.7 Å². The molecule has 0 bridgehead atoms. The van der Waals surface area contributed by atoms with Gasteiger partial charge in [0.2, 0.25) is 11.8 Å². The van der Waals surface area contributed by atoms with Gasteiger partial charge < -0.3 is 10.1 Å². The number of ether oxygens (including phenoxy) is 1. The number of nitrogens with zero attached hydrogens (tertiary/aromatic N) is 2. The molecule has 110 valence electrons. The SMILES string of the molecule is CCOc1cccc(NC(=O)C[C@@H](C)c2ccncc2)n1. The van der Waals surface area contributed by atoms with E-state index in [4.69, 9.17) is 4.74 Å². The van der Waals surface area contributed by atoms with Gasteiger partial charge in [-0.25, -0.2) is 0 Å². The van der Waals surface area contributed by atoms with Crippen molar-refractivity contribution in [2.75, 3.05) is 11.9 Å². The number of aromatic nitrogens is 2. The summed E-state index contributed by atoms with van der Waals surface area (Å²) in [6.07, 6.45) is 3.86. The Hall–Kier alpha value is -2.43. The summed E-state index contributed by atoms with van der Waals surface area (Å²) < 4.78 is 5.31. The molecule has 2 heterocycles. The number of hydrogen-bond donors (Lipinski definition) is 1. The molecule has 0 aliphatic heterocycles. The molecule has 2 aromatic heterocycles. The Morgan fingerprint density at radius 3 is 2.76 bits per heavy atom. The fraction of sp³-hybridized carbons (Fsp3) is 0.312. The van der Waals surface area contributed by atoms with Crippen molar-refractivity contribution in [1.29, 1.82) is 0 Å². The van der Waals surface area contributed by atoms with Gasteiger partial charge in [-0.05, 0) is 36.6 Å². The first-order valence-electron chi connectivity index (χ1n) is 6.98. The summed E-state index contributed by atoms with van der Waals surface area (Å²) >= 11 is 0. The zero-order chi connectivity index (χ0) is 15.1. The Morgan fingerprint density at radius 1 is 1.29 bits per heavy atom. The molecule has 1 atom stereocenters. The molecule has 0 aliphatic rings. The van der Waals surface area contributed by atoms with Gasteiger partial charge in [0.25, 0.3) is 0 Å². The van der Waals surface area contributed by atoms with E-state index in [1.807, 2.05) is 26.0 Å². The highest BCUT2D eigenvalue weighted by Gasteiger charge is 2.12. The van der Waals surface area contributed by atoms with Crippen LogP contribution in [0.4, 0.5) is 5.82 Å². The van der Waals surface area contributed by atoms with Crippen molar-refractivity contribution in [2.24, 2.45) is 0 Å². The molecule has 0 saturated heterocycles. The van der Waals surface area contributed by atoms with Crippen LogP contribution in [0.3, 0.4) is 0 Å². The van der Waals surface area contributed by atoms with Crippen molar-refractivity contribution in [3.8, 4) is 5.88 Å². The van der Waals surface area contributed by atoms with E-state index >= 15 is 0 Å². The maximum atomic E-state index is 12.1. The summed E-state index contributed by atoms with van der Waals surface area (Å²) in [5, 5.41) is 2.80. The minimum Gasteiger partial charge on any atom is -0.478 e. The van der Waals surface area contributed by atoms with Crippen LogP contribution >= 0.6 is 0 Å². The number of pyridine rings is 2. The molecule has 0 fully saturated rings. The molecule has 0 radical (unpaired) electrons. The van der Waals surface area contributed by atoms with Crippen molar-refractivity contribution < 1.29 is 9.53 Å². The summed E-state index contributed by atoms with van der Waals surface area (Å²) in [4.78, 5) is 20.3. The van der Waals surface area contributed by atoms with E-state index in [1.54, 1.807) is 30.6 Å². The van der Waals surface area contributed by atoms with Crippen LogP contribution in [0.2, 0.25) is 0 Å². The zero-order valence-corrected chi connectivity index (χ0v) is 12.2. The number of rotatable bonds is 6. The first-order valence-corrected chi connectivity index (χ1v) is 6.98. The van der Waals surface area contributed by atoms with E-state index in [-0.39, 0.29) is 11.8 Å². The standard InChI is InChI=1S/C16H19N3O2/c1-3-21-16-6-4-5-14(19-16)18-15(20)11-12(2)13-7-9-17-10-8-13/h4-10,12H,3,11H2,1-2H3,(H,18,19,20)/t12-/m1/s1. The smallest absolute Gasteiger partial charge is 0.226 e. The quantitative estimate of drug-likeness (QED) is 0.886. The summed E-state index contributed by atoms with van der Waals surface area (Å²) in [5.41, 5.74) is 1.09. The van der Waals surface area contributed by atoms with Gasteiger partial charge in [0, 0.05) is 24.9 Å². The Kier molecular flexibility index (Phi) is 5.26. The number of carbonyl (C=O) groups excluding carboxylic acids is 1. The lowest BCUT2D eigenvalue weighted by atomic mass is 9.99. The van der Waals surface area contributed by atoms with Crippen molar-refractivity contribution in [3.05, 3.63) is 48.3 Å². The second-order valence-corrected chi connectivity index (χ2v) is 4.73. The fourth-order valence-corrected chi connectivity index (χ4v) is 1.99. The van der Waals surface area contributed by atoms with Crippen molar-refractivity contribution in [2.45, 2.75) is 26.2 Å². The third-order valence-corrected chi connectivity index (χ3v) is 3.05. The van der Waals surface area contributed by atoms with E-state index in [2.05, 4.69) is 15.3 Å². The topological polar surface area (TPSA) is 64.1 Å². The molecule has 0 unspecified atom stereocenters. The number of hydrogen-bond acceptors (Lipinski definition) is 4. The van der Waals surface area contributed by atoms with Crippen molar-refractivity contribution in [1.82, 2.24) is 9.97 Å². The van der Waals surface area contributed by atoms with Gasteiger partial charge in [-0.15, -0.1) is 0 Å². The molecule has 1 N–H and O–H groups in total. The second-order valence-electron chi connectivity index (χ2n) is 4.73. The van der Waals surface area contributed by atoms with Crippen LogP contribution in [0.5, 0.6) is 5.88 Å². The summed E-state index contributed by atoms with van der Waals surface area (Å²) in [7, 11) is 0. The molecular formula is C16H19N3O2.